The van der Waals surface area contributed by atoms with Gasteiger partial charge in [0.2, 0.25) is 5.79 Å². The number of hydrogen-bond acceptors (Lipinski definition) is 4. The lowest BCUT2D eigenvalue weighted by molar-refractivity contribution is -0.194. The number of carbonyl (C=O) groups excluding carboxylic acids is 1. The lowest BCUT2D eigenvalue weighted by Gasteiger charge is -2.17. The second-order valence-electron chi connectivity index (χ2n) is 3.51. The van der Waals surface area contributed by atoms with Crippen LogP contribution in [0.25, 0.3) is 0 Å². The van der Waals surface area contributed by atoms with Gasteiger partial charge < -0.3 is 20.2 Å². The highest BCUT2D eigenvalue weighted by molar-refractivity contribution is 5.69. The number of aliphatic hydroxyl groups is 1. The van der Waals surface area contributed by atoms with Gasteiger partial charge in [-0.05, 0) is 0 Å². The third-order valence-corrected chi connectivity index (χ3v) is 1.54. The van der Waals surface area contributed by atoms with E-state index in [9.17, 15) is 4.79 Å². The van der Waals surface area contributed by atoms with E-state index in [2.05, 4.69) is 4.90 Å². The first-order valence-electron chi connectivity index (χ1n) is 4.14. The number of hydrogen-bond donors (Lipinski definition) is 1. The molecule has 1 rings (SSSR count). The summed E-state index contributed by atoms with van der Waals surface area (Å²) in [5, 5.41) is 9.11. The molecule has 1 aliphatic heterocycles. The Labute approximate surface area is 77.6 Å². The van der Waals surface area contributed by atoms with Crippen LogP contribution in [-0.4, -0.2) is 41.4 Å². The van der Waals surface area contributed by atoms with Gasteiger partial charge >= 0.3 is 5.97 Å². The average Bonchev–Trinajstić information content (AvgIpc) is 2.61. The number of nitrogens with zero attached hydrogens (tertiary/aromatic N) is 1. The van der Waals surface area contributed by atoms with Gasteiger partial charge in [0.05, 0.1) is 6.42 Å². The minimum Gasteiger partial charge on any atom is -2.00 e. The third kappa shape index (κ3) is 6.51. The predicted molar refractivity (Wildman–Crippen MR) is 44.1 cm³/mol. The molecule has 1 fully saturated rings. The molecular formula is C8H15NO4-2. The Morgan fingerprint density at radius 2 is 2.08 bits per heavy atom. The van der Waals surface area contributed by atoms with Crippen molar-refractivity contribution in [3.8, 4) is 0 Å². The van der Waals surface area contributed by atoms with Gasteiger partial charge in [0, 0.05) is 33.5 Å². The molecule has 0 aromatic carbocycles. The normalized spacial score (nSPS) is 16.2. The largest absolute Gasteiger partial charge is 2.00 e. The first-order valence-corrected chi connectivity index (χ1v) is 4.14. The molecule has 0 saturated carbocycles. The first kappa shape index (κ1) is 12.3. The van der Waals surface area contributed by atoms with Crippen molar-refractivity contribution >= 4 is 5.97 Å². The summed E-state index contributed by atoms with van der Waals surface area (Å²) in [6, 6.07) is 0. The van der Waals surface area contributed by atoms with E-state index in [1.54, 1.807) is 0 Å². The van der Waals surface area contributed by atoms with Gasteiger partial charge in [0.25, 0.3) is 0 Å². The Bertz CT molecular complexity index is 171. The monoisotopic (exact) mass is 189 g/mol. The van der Waals surface area contributed by atoms with Crippen molar-refractivity contribution in [1.29, 1.82) is 0 Å². The molecule has 0 aromatic rings. The molecule has 1 aliphatic rings. The van der Waals surface area contributed by atoms with Crippen molar-refractivity contribution in [2.75, 3.05) is 19.6 Å². The Morgan fingerprint density at radius 1 is 1.54 bits per heavy atom. The number of ether oxygens (including phenoxy) is 1. The zero-order chi connectivity index (χ0) is 9.19. The molecule has 1 heterocycles. The van der Waals surface area contributed by atoms with Gasteiger partial charge in [-0.1, -0.05) is 0 Å². The zero-order valence-electron chi connectivity index (χ0n) is 7.95. The first-order chi connectivity index (χ1) is 5.47. The van der Waals surface area contributed by atoms with Gasteiger partial charge in [-0.15, -0.1) is 0 Å². The van der Waals surface area contributed by atoms with Crippen LogP contribution in [0.5, 0.6) is 0 Å². The Kier molecular flexibility index (Phi) is 4.32. The summed E-state index contributed by atoms with van der Waals surface area (Å²) < 4.78 is 4.71. The van der Waals surface area contributed by atoms with E-state index in [0.29, 0.717) is 6.42 Å². The summed E-state index contributed by atoms with van der Waals surface area (Å²) in [5.41, 5.74) is 0. The fraction of sp³-hybridized carbons (Fsp3) is 0.875. The minimum atomic E-state index is -1.34. The molecule has 1 N–H and O–H groups in total. The summed E-state index contributed by atoms with van der Waals surface area (Å²) in [4.78, 5) is 13.1. The lowest BCUT2D eigenvalue weighted by Crippen LogP contribution is -2.28. The number of esters is 1. The SMILES string of the molecule is CC(C)(O)OC(=O)CCN1CC1.[O-2]. The second-order valence-corrected chi connectivity index (χ2v) is 3.51. The molecule has 0 unspecified atom stereocenters. The molecule has 78 valence electrons. The fourth-order valence-corrected chi connectivity index (χ4v) is 0.873. The molecule has 0 bridgehead atoms. The van der Waals surface area contributed by atoms with Gasteiger partial charge in [0.1, 0.15) is 0 Å². The molecule has 0 amide bonds. The molecular weight excluding hydrogens is 174 g/mol. The van der Waals surface area contributed by atoms with Crippen LogP contribution in [-0.2, 0) is 15.0 Å². The van der Waals surface area contributed by atoms with E-state index in [4.69, 9.17) is 9.84 Å². The molecule has 13 heavy (non-hydrogen) atoms. The summed E-state index contributed by atoms with van der Waals surface area (Å²) in [6.45, 7) is 5.80. The smallest absolute Gasteiger partial charge is 0.309 e. The zero-order valence-corrected chi connectivity index (χ0v) is 7.95. The van der Waals surface area contributed by atoms with Crippen LogP contribution < -0.4 is 0 Å². The summed E-state index contributed by atoms with van der Waals surface area (Å²) in [5.74, 6) is -1.68. The van der Waals surface area contributed by atoms with E-state index < -0.39 is 5.79 Å². The van der Waals surface area contributed by atoms with Crippen molar-refractivity contribution in [2.24, 2.45) is 0 Å². The molecule has 0 atom stereocenters. The average molecular weight is 189 g/mol. The highest BCUT2D eigenvalue weighted by atomic mass is 16.7. The van der Waals surface area contributed by atoms with Crippen LogP contribution in [0.3, 0.4) is 0 Å². The van der Waals surface area contributed by atoms with Crippen LogP contribution in [0, 0.1) is 0 Å². The highest BCUT2D eigenvalue weighted by Crippen LogP contribution is 2.08. The molecule has 5 nitrogen and oxygen atoms in total. The predicted octanol–water partition coefficient (Wildman–Crippen LogP) is -0.155. The summed E-state index contributed by atoms with van der Waals surface area (Å²) >= 11 is 0. The molecule has 0 aliphatic carbocycles. The Morgan fingerprint density at radius 3 is 2.46 bits per heavy atom. The third-order valence-electron chi connectivity index (χ3n) is 1.54. The van der Waals surface area contributed by atoms with Crippen molar-refractivity contribution in [3.05, 3.63) is 0 Å². The summed E-state index contributed by atoms with van der Waals surface area (Å²) in [6.07, 6.45) is 0.365. The highest BCUT2D eigenvalue weighted by Gasteiger charge is 2.21. The molecule has 0 radical (unpaired) electrons. The Hall–Kier alpha value is -0.650. The van der Waals surface area contributed by atoms with Crippen LogP contribution in [0.2, 0.25) is 0 Å². The number of carbonyl (C=O) groups is 1. The van der Waals surface area contributed by atoms with Gasteiger partial charge in [-0.3, -0.25) is 4.79 Å². The van der Waals surface area contributed by atoms with Gasteiger partial charge in [0.15, 0.2) is 0 Å². The maximum atomic E-state index is 11.0. The van der Waals surface area contributed by atoms with E-state index in [1.165, 1.54) is 13.8 Å². The molecule has 0 spiro atoms. The molecule has 5 heteroatoms. The number of rotatable bonds is 4. The quantitative estimate of drug-likeness (QED) is 0.379. The standard InChI is InChI=1S/C8H15NO3.O/c1-8(2,11)12-7(10)3-4-9-5-6-9;/h11H,3-6H2,1-2H3;/q;-2. The molecule has 1 saturated heterocycles. The molecule has 0 aromatic heterocycles. The van der Waals surface area contributed by atoms with E-state index in [0.717, 1.165) is 19.6 Å². The van der Waals surface area contributed by atoms with E-state index in [-0.39, 0.29) is 11.4 Å². The van der Waals surface area contributed by atoms with Crippen LogP contribution >= 0.6 is 0 Å². The van der Waals surface area contributed by atoms with Gasteiger partial charge in [-0.2, -0.15) is 0 Å². The van der Waals surface area contributed by atoms with Crippen LogP contribution in [0.4, 0.5) is 0 Å². The van der Waals surface area contributed by atoms with Crippen molar-refractivity contribution in [1.82, 2.24) is 4.90 Å². The lowest BCUT2D eigenvalue weighted by atomic mass is 10.3. The minimum absolute atomic E-state index is 0. The van der Waals surface area contributed by atoms with Crippen molar-refractivity contribution < 1.29 is 20.1 Å². The van der Waals surface area contributed by atoms with Gasteiger partial charge in [-0.25, -0.2) is 0 Å². The van der Waals surface area contributed by atoms with Crippen molar-refractivity contribution in [2.45, 2.75) is 26.1 Å². The van der Waals surface area contributed by atoms with E-state index >= 15 is 0 Å². The van der Waals surface area contributed by atoms with Crippen LogP contribution in [0.1, 0.15) is 20.3 Å². The maximum absolute atomic E-state index is 11.0. The van der Waals surface area contributed by atoms with Crippen molar-refractivity contribution in [3.63, 3.8) is 0 Å². The summed E-state index contributed by atoms with van der Waals surface area (Å²) in [7, 11) is 0. The maximum Gasteiger partial charge on any atom is 0.309 e. The van der Waals surface area contributed by atoms with Crippen LogP contribution in [0.15, 0.2) is 0 Å². The van der Waals surface area contributed by atoms with E-state index in [1.807, 2.05) is 0 Å². The fourth-order valence-electron chi connectivity index (χ4n) is 0.873. The Balaban J connectivity index is 0.00000144. The topological polar surface area (TPSA) is 78.0 Å². The second kappa shape index (κ2) is 4.55.